The molecule has 6 nitrogen and oxygen atoms in total. The topological polar surface area (TPSA) is 63.1 Å². The van der Waals surface area contributed by atoms with Gasteiger partial charge < -0.3 is 0 Å². The molecule has 130 valence electrons. The maximum Gasteiger partial charge on any atom is 0.258 e. The van der Waals surface area contributed by atoms with Gasteiger partial charge in [-0.3, -0.25) is 19.7 Å². The van der Waals surface area contributed by atoms with Gasteiger partial charge in [-0.1, -0.05) is 12.1 Å². The zero-order valence-corrected chi connectivity index (χ0v) is 15.4. The molecular weight excluding hydrogens is 334 g/mol. The van der Waals surface area contributed by atoms with Crippen molar-refractivity contribution in [2.75, 3.05) is 12.4 Å². The number of nitrogens with one attached hydrogen (secondary N) is 1. The molecule has 3 rings (SSSR count). The van der Waals surface area contributed by atoms with Crippen LogP contribution in [0.15, 0.2) is 42.0 Å². The van der Waals surface area contributed by atoms with Crippen molar-refractivity contribution in [1.29, 1.82) is 0 Å². The molecule has 0 unspecified atom stereocenters. The number of hydrogen-bond donors (Lipinski definition) is 1. The Bertz CT molecular complexity index is 870. The largest absolute Gasteiger partial charge is 0.297 e. The Hall–Kier alpha value is -2.51. The summed E-state index contributed by atoms with van der Waals surface area (Å²) in [5.41, 5.74) is 3.02. The molecular formula is C18H21N5OS. The normalized spacial score (nSPS) is 11.0. The van der Waals surface area contributed by atoms with Crippen molar-refractivity contribution in [2.45, 2.75) is 20.0 Å². The Morgan fingerprint density at radius 2 is 2.16 bits per heavy atom. The summed E-state index contributed by atoms with van der Waals surface area (Å²) in [7, 11) is 3.85. The first-order valence-corrected chi connectivity index (χ1v) is 8.86. The third-order valence-electron chi connectivity index (χ3n) is 3.85. The zero-order valence-electron chi connectivity index (χ0n) is 14.6. The van der Waals surface area contributed by atoms with E-state index in [9.17, 15) is 4.79 Å². The molecule has 0 aliphatic carbocycles. The fraction of sp³-hybridized carbons (Fsp3) is 0.278. The van der Waals surface area contributed by atoms with E-state index in [1.165, 1.54) is 10.4 Å². The van der Waals surface area contributed by atoms with Crippen molar-refractivity contribution in [3.05, 3.63) is 63.6 Å². The molecule has 2 heterocycles. The summed E-state index contributed by atoms with van der Waals surface area (Å²) in [6, 6.07) is 9.79. The first kappa shape index (κ1) is 17.3. The number of benzene rings is 1. The van der Waals surface area contributed by atoms with E-state index in [0.717, 1.165) is 18.7 Å². The van der Waals surface area contributed by atoms with Crippen molar-refractivity contribution >= 4 is 23.2 Å². The lowest BCUT2D eigenvalue weighted by atomic mass is 10.1. The second-order valence-electron chi connectivity index (χ2n) is 6.10. The minimum absolute atomic E-state index is 0.204. The summed E-state index contributed by atoms with van der Waals surface area (Å²) in [6.45, 7) is 3.81. The average molecular weight is 355 g/mol. The lowest BCUT2D eigenvalue weighted by molar-refractivity contribution is 0.102. The highest BCUT2D eigenvalue weighted by Gasteiger charge is 2.11. The van der Waals surface area contributed by atoms with Crippen LogP contribution in [0, 0.1) is 6.92 Å². The van der Waals surface area contributed by atoms with Crippen molar-refractivity contribution in [3.63, 3.8) is 0 Å². The Morgan fingerprint density at radius 1 is 1.32 bits per heavy atom. The van der Waals surface area contributed by atoms with Crippen molar-refractivity contribution in [1.82, 2.24) is 19.7 Å². The standard InChI is InChI=1S/C18H21N5OS/c1-13-7-8-25-16(13)11-22(2)10-14-5-4-6-15(9-14)17(24)20-18-19-12-23(3)21-18/h4-9,12H,10-11H2,1-3H3,(H,20,21,24). The summed E-state index contributed by atoms with van der Waals surface area (Å²) in [5.74, 6) is 0.105. The lowest BCUT2D eigenvalue weighted by Crippen LogP contribution is -2.18. The molecule has 0 fully saturated rings. The van der Waals surface area contributed by atoms with Gasteiger partial charge in [-0.25, -0.2) is 4.98 Å². The minimum atomic E-state index is -0.204. The average Bonchev–Trinajstić information content (AvgIpc) is 3.16. The Kier molecular flexibility index (Phi) is 5.25. The predicted octanol–water partition coefficient (Wildman–Crippen LogP) is 3.07. The molecule has 3 aromatic rings. The Labute approximate surface area is 151 Å². The number of hydrogen-bond acceptors (Lipinski definition) is 5. The third-order valence-corrected chi connectivity index (χ3v) is 4.86. The molecule has 0 radical (unpaired) electrons. The van der Waals surface area contributed by atoms with Crippen LogP contribution >= 0.6 is 11.3 Å². The van der Waals surface area contributed by atoms with Crippen molar-refractivity contribution < 1.29 is 4.79 Å². The summed E-state index contributed by atoms with van der Waals surface area (Å²) in [4.78, 5) is 20.0. The quantitative estimate of drug-likeness (QED) is 0.738. The SMILES string of the molecule is Cc1ccsc1CN(C)Cc1cccc(C(=O)Nc2ncn(C)n2)c1. The van der Waals surface area contributed by atoms with Gasteiger partial charge in [0, 0.05) is 30.6 Å². The van der Waals surface area contributed by atoms with Gasteiger partial charge in [0.2, 0.25) is 5.95 Å². The number of nitrogens with zero attached hydrogens (tertiary/aromatic N) is 4. The van der Waals surface area contributed by atoms with Crippen LogP contribution in [0.3, 0.4) is 0 Å². The van der Waals surface area contributed by atoms with Crippen LogP contribution in [-0.4, -0.2) is 32.6 Å². The van der Waals surface area contributed by atoms with Gasteiger partial charge in [0.1, 0.15) is 6.33 Å². The number of carbonyl (C=O) groups excluding carboxylic acids is 1. The van der Waals surface area contributed by atoms with E-state index in [-0.39, 0.29) is 5.91 Å². The highest BCUT2D eigenvalue weighted by atomic mass is 32.1. The number of rotatable bonds is 6. The molecule has 0 aliphatic rings. The molecule has 0 atom stereocenters. The Balaban J connectivity index is 1.64. The molecule has 0 saturated carbocycles. The molecule has 1 aromatic carbocycles. The van der Waals surface area contributed by atoms with Crippen LogP contribution < -0.4 is 5.32 Å². The number of anilines is 1. The fourth-order valence-corrected chi connectivity index (χ4v) is 3.55. The number of aryl methyl sites for hydroxylation is 2. The van der Waals surface area contributed by atoms with Gasteiger partial charge in [-0.05, 0) is 48.7 Å². The second kappa shape index (κ2) is 7.58. The molecule has 7 heteroatoms. The van der Waals surface area contributed by atoms with Crippen LogP contribution in [0.5, 0.6) is 0 Å². The zero-order chi connectivity index (χ0) is 17.8. The first-order valence-electron chi connectivity index (χ1n) is 7.98. The molecule has 0 bridgehead atoms. The molecule has 2 aromatic heterocycles. The maximum absolute atomic E-state index is 12.3. The van der Waals surface area contributed by atoms with E-state index >= 15 is 0 Å². The van der Waals surface area contributed by atoms with Crippen molar-refractivity contribution in [3.8, 4) is 0 Å². The highest BCUT2D eigenvalue weighted by Crippen LogP contribution is 2.18. The number of carbonyl (C=O) groups is 1. The predicted molar refractivity (Wildman–Crippen MR) is 99.6 cm³/mol. The Morgan fingerprint density at radius 3 is 2.84 bits per heavy atom. The maximum atomic E-state index is 12.3. The van der Waals surface area contributed by atoms with E-state index < -0.39 is 0 Å². The fourth-order valence-electron chi connectivity index (χ4n) is 2.56. The summed E-state index contributed by atoms with van der Waals surface area (Å²) < 4.78 is 1.55. The van der Waals surface area contributed by atoms with E-state index in [1.807, 2.05) is 18.2 Å². The van der Waals surface area contributed by atoms with Gasteiger partial charge in [-0.2, -0.15) is 0 Å². The van der Waals surface area contributed by atoms with Crippen LogP contribution in [0.2, 0.25) is 0 Å². The van der Waals surface area contributed by atoms with Gasteiger partial charge in [0.15, 0.2) is 0 Å². The van der Waals surface area contributed by atoms with Crippen molar-refractivity contribution in [2.24, 2.45) is 7.05 Å². The van der Waals surface area contributed by atoms with Gasteiger partial charge in [0.05, 0.1) is 0 Å². The number of aromatic nitrogens is 3. The van der Waals surface area contributed by atoms with Crippen LogP contribution in [0.4, 0.5) is 5.95 Å². The van der Waals surface area contributed by atoms with Crippen LogP contribution in [0.25, 0.3) is 0 Å². The summed E-state index contributed by atoms with van der Waals surface area (Å²) >= 11 is 1.78. The number of thiophene rings is 1. The van der Waals surface area contributed by atoms with E-state index in [1.54, 1.807) is 35.5 Å². The number of amides is 1. The summed E-state index contributed by atoms with van der Waals surface area (Å²) in [5, 5.41) is 8.89. The highest BCUT2D eigenvalue weighted by molar-refractivity contribution is 7.10. The summed E-state index contributed by atoms with van der Waals surface area (Å²) in [6.07, 6.45) is 1.55. The van der Waals surface area contributed by atoms with E-state index in [2.05, 4.69) is 45.7 Å². The second-order valence-corrected chi connectivity index (χ2v) is 7.10. The van der Waals surface area contributed by atoms with Crippen LogP contribution in [-0.2, 0) is 20.1 Å². The molecule has 1 amide bonds. The lowest BCUT2D eigenvalue weighted by Gasteiger charge is -2.17. The van der Waals surface area contributed by atoms with Crippen LogP contribution in [0.1, 0.15) is 26.4 Å². The smallest absolute Gasteiger partial charge is 0.258 e. The molecule has 25 heavy (non-hydrogen) atoms. The molecule has 0 saturated heterocycles. The first-order chi connectivity index (χ1) is 12.0. The van der Waals surface area contributed by atoms with Gasteiger partial charge in [-0.15, -0.1) is 16.4 Å². The van der Waals surface area contributed by atoms with Gasteiger partial charge in [0.25, 0.3) is 5.91 Å². The minimum Gasteiger partial charge on any atom is -0.297 e. The molecule has 0 aliphatic heterocycles. The third kappa shape index (κ3) is 4.52. The molecule has 1 N–H and O–H groups in total. The molecule has 0 spiro atoms. The van der Waals surface area contributed by atoms with E-state index in [4.69, 9.17) is 0 Å². The van der Waals surface area contributed by atoms with Gasteiger partial charge >= 0.3 is 0 Å². The van der Waals surface area contributed by atoms with E-state index in [0.29, 0.717) is 11.5 Å². The monoisotopic (exact) mass is 355 g/mol.